The van der Waals surface area contributed by atoms with Crippen LogP contribution in [0.3, 0.4) is 0 Å². The summed E-state index contributed by atoms with van der Waals surface area (Å²) in [7, 11) is 0. The Bertz CT molecular complexity index is 228. The Morgan fingerprint density at radius 1 is 1.69 bits per heavy atom. The summed E-state index contributed by atoms with van der Waals surface area (Å²) in [6.07, 6.45) is 4.70. The first-order valence-electron chi connectivity index (χ1n) is 3.81. The molecule has 1 aliphatic rings. The van der Waals surface area contributed by atoms with Crippen LogP contribution in [0.2, 0.25) is 0 Å². The number of aliphatic hydroxyl groups excluding tert-OH is 1. The van der Waals surface area contributed by atoms with Gasteiger partial charge >= 0.3 is 0 Å². The van der Waals surface area contributed by atoms with Gasteiger partial charge in [-0.2, -0.15) is 0 Å². The Balaban J connectivity index is 0.00000144. The predicted octanol–water partition coefficient (Wildman–Crippen LogP) is 0.221. The Labute approximate surface area is 83.6 Å². The van der Waals surface area contributed by atoms with Gasteiger partial charge in [-0.05, 0) is 19.1 Å². The molecule has 4 nitrogen and oxygen atoms in total. The van der Waals surface area contributed by atoms with Gasteiger partial charge in [0, 0.05) is 12.1 Å². The molecule has 0 aromatic rings. The maximum atomic E-state index is 8.95. The van der Waals surface area contributed by atoms with Crippen LogP contribution in [0.5, 0.6) is 0 Å². The molecule has 13 heavy (non-hydrogen) atoms. The maximum absolute atomic E-state index is 8.95. The minimum atomic E-state index is -0.906. The summed E-state index contributed by atoms with van der Waals surface area (Å²) in [5.74, 6) is 0. The molecular weight excluding hydrogens is 192 g/mol. The molecule has 0 heterocycles. The van der Waals surface area contributed by atoms with Gasteiger partial charge in [0.1, 0.15) is 5.72 Å². The number of allylic oxidation sites excluding steroid dienone is 1. The molecule has 2 atom stereocenters. The van der Waals surface area contributed by atoms with Crippen LogP contribution < -0.4 is 11.5 Å². The molecule has 0 saturated carbocycles. The van der Waals surface area contributed by atoms with E-state index < -0.39 is 12.0 Å². The van der Waals surface area contributed by atoms with E-state index in [0.717, 1.165) is 0 Å². The van der Waals surface area contributed by atoms with Gasteiger partial charge < -0.3 is 15.6 Å². The van der Waals surface area contributed by atoms with Gasteiger partial charge in [-0.25, -0.2) is 0 Å². The van der Waals surface area contributed by atoms with E-state index in [9.17, 15) is 0 Å². The van der Waals surface area contributed by atoms with Crippen molar-refractivity contribution in [3.05, 3.63) is 23.9 Å². The summed E-state index contributed by atoms with van der Waals surface area (Å²) in [6, 6.07) is 0. The first kappa shape index (κ1) is 12.4. The highest BCUT2D eigenvalue weighted by atomic mass is 35.5. The molecule has 2 unspecified atom stereocenters. The lowest BCUT2D eigenvalue weighted by Gasteiger charge is -2.28. The molecule has 0 aromatic carbocycles. The van der Waals surface area contributed by atoms with Crippen molar-refractivity contribution in [3.63, 3.8) is 0 Å². The van der Waals surface area contributed by atoms with Crippen molar-refractivity contribution in [1.29, 1.82) is 0 Å². The van der Waals surface area contributed by atoms with E-state index in [2.05, 4.69) is 0 Å². The molecule has 0 fully saturated rings. The summed E-state index contributed by atoms with van der Waals surface area (Å²) >= 11 is 0. The number of nitrogens with two attached hydrogens (primary N) is 2. The number of rotatable bonds is 2. The summed E-state index contributed by atoms with van der Waals surface area (Å²) in [6.45, 7) is 1.52. The first-order chi connectivity index (χ1) is 5.52. The summed E-state index contributed by atoms with van der Waals surface area (Å²) in [4.78, 5) is 0. The lowest BCUT2D eigenvalue weighted by molar-refractivity contribution is -0.153. The highest BCUT2D eigenvalue weighted by molar-refractivity contribution is 5.85. The van der Waals surface area contributed by atoms with Crippen molar-refractivity contribution in [2.24, 2.45) is 11.5 Å². The summed E-state index contributed by atoms with van der Waals surface area (Å²) < 4.78 is 5.07. The largest absolute Gasteiger partial charge is 0.399 e. The average Bonchev–Trinajstić information content (AvgIpc) is 1.94. The lowest BCUT2D eigenvalue weighted by Crippen LogP contribution is -2.44. The Morgan fingerprint density at radius 3 is 2.69 bits per heavy atom. The Hall–Kier alpha value is -0.550. The molecular formula is C8H15ClN2O2. The molecule has 0 spiro atoms. The van der Waals surface area contributed by atoms with Crippen molar-refractivity contribution >= 4 is 12.4 Å². The highest BCUT2D eigenvalue weighted by Crippen LogP contribution is 2.18. The number of hydrogen-bond acceptors (Lipinski definition) is 4. The van der Waals surface area contributed by atoms with Gasteiger partial charge in [0.05, 0.1) is 0 Å². The molecule has 0 saturated heterocycles. The average molecular weight is 207 g/mol. The van der Waals surface area contributed by atoms with Gasteiger partial charge in [-0.3, -0.25) is 5.73 Å². The first-order valence-corrected chi connectivity index (χ1v) is 3.81. The molecule has 1 rings (SSSR count). The number of ether oxygens (including phenoxy) is 1. The molecule has 0 amide bonds. The van der Waals surface area contributed by atoms with E-state index in [4.69, 9.17) is 21.3 Å². The van der Waals surface area contributed by atoms with Gasteiger partial charge in [0.2, 0.25) is 0 Å². The standard InChI is InChI=1S/C8H14N2O2.ClH/c1-6(11)12-8(10)4-2-7(9)3-5-8;/h2-4,6,11H,5,9-10H2,1H3;1H. The van der Waals surface area contributed by atoms with Gasteiger partial charge in [-0.1, -0.05) is 6.08 Å². The molecule has 0 aromatic heterocycles. The minimum Gasteiger partial charge on any atom is -0.399 e. The van der Waals surface area contributed by atoms with Crippen molar-refractivity contribution in [2.75, 3.05) is 0 Å². The number of halogens is 1. The highest BCUT2D eigenvalue weighted by Gasteiger charge is 2.25. The SMILES string of the molecule is CC(O)OC1(N)C=CC(N)=CC1.Cl. The van der Waals surface area contributed by atoms with Crippen molar-refractivity contribution in [3.8, 4) is 0 Å². The van der Waals surface area contributed by atoms with Crippen LogP contribution in [-0.2, 0) is 4.74 Å². The van der Waals surface area contributed by atoms with Crippen molar-refractivity contribution < 1.29 is 9.84 Å². The second kappa shape index (κ2) is 4.62. The van der Waals surface area contributed by atoms with E-state index >= 15 is 0 Å². The Morgan fingerprint density at radius 2 is 2.31 bits per heavy atom. The normalized spacial score (nSPS) is 29.0. The monoisotopic (exact) mass is 206 g/mol. The molecule has 5 N–H and O–H groups in total. The van der Waals surface area contributed by atoms with Crippen LogP contribution in [0.25, 0.3) is 0 Å². The van der Waals surface area contributed by atoms with E-state index in [1.54, 1.807) is 18.2 Å². The maximum Gasteiger partial charge on any atom is 0.154 e. The fraction of sp³-hybridized carbons (Fsp3) is 0.500. The third-order valence-corrected chi connectivity index (χ3v) is 1.60. The Kier molecular flexibility index (Phi) is 4.43. The third-order valence-electron chi connectivity index (χ3n) is 1.60. The summed E-state index contributed by atoms with van der Waals surface area (Å²) in [5, 5.41) is 8.95. The molecule has 76 valence electrons. The fourth-order valence-electron chi connectivity index (χ4n) is 1.06. The van der Waals surface area contributed by atoms with Crippen LogP contribution >= 0.6 is 12.4 Å². The van der Waals surface area contributed by atoms with Gasteiger partial charge in [0.15, 0.2) is 6.29 Å². The van der Waals surface area contributed by atoms with Gasteiger partial charge in [0.25, 0.3) is 0 Å². The third kappa shape index (κ3) is 3.78. The quantitative estimate of drug-likeness (QED) is 0.565. The zero-order valence-corrected chi connectivity index (χ0v) is 8.25. The van der Waals surface area contributed by atoms with Crippen molar-refractivity contribution in [1.82, 2.24) is 0 Å². The van der Waals surface area contributed by atoms with Crippen LogP contribution in [-0.4, -0.2) is 17.1 Å². The second-order valence-electron chi connectivity index (χ2n) is 2.91. The zero-order chi connectivity index (χ0) is 9.19. The van der Waals surface area contributed by atoms with Crippen LogP contribution in [0, 0.1) is 0 Å². The molecule has 1 aliphatic carbocycles. The smallest absolute Gasteiger partial charge is 0.154 e. The minimum absolute atomic E-state index is 0. The summed E-state index contributed by atoms with van der Waals surface area (Å²) in [5.41, 5.74) is 11.0. The fourth-order valence-corrected chi connectivity index (χ4v) is 1.06. The van der Waals surface area contributed by atoms with Crippen LogP contribution in [0.4, 0.5) is 0 Å². The second-order valence-corrected chi connectivity index (χ2v) is 2.91. The molecule has 0 radical (unpaired) electrons. The number of aliphatic hydroxyl groups is 1. The van der Waals surface area contributed by atoms with Crippen molar-refractivity contribution in [2.45, 2.75) is 25.4 Å². The molecule has 5 heteroatoms. The predicted molar refractivity (Wildman–Crippen MR) is 53.0 cm³/mol. The van der Waals surface area contributed by atoms with Crippen LogP contribution in [0.1, 0.15) is 13.3 Å². The number of hydrogen-bond donors (Lipinski definition) is 3. The zero-order valence-electron chi connectivity index (χ0n) is 7.43. The molecule has 0 aliphatic heterocycles. The topological polar surface area (TPSA) is 81.5 Å². The van der Waals surface area contributed by atoms with E-state index in [0.29, 0.717) is 12.1 Å². The lowest BCUT2D eigenvalue weighted by atomic mass is 10.0. The van der Waals surface area contributed by atoms with Gasteiger partial charge in [-0.15, -0.1) is 12.4 Å². The van der Waals surface area contributed by atoms with Crippen LogP contribution in [0.15, 0.2) is 23.9 Å². The molecule has 0 bridgehead atoms. The van der Waals surface area contributed by atoms with E-state index in [-0.39, 0.29) is 12.4 Å². The van der Waals surface area contributed by atoms with E-state index in [1.165, 1.54) is 6.92 Å². The van der Waals surface area contributed by atoms with E-state index in [1.807, 2.05) is 0 Å².